The highest BCUT2D eigenvalue weighted by atomic mass is 127. The molecule has 1 aromatic heterocycles. The minimum Gasteiger partial charge on any atom is -1.00 e. The molecule has 0 aliphatic carbocycles. The van der Waals surface area contributed by atoms with Crippen molar-refractivity contribution in [3.8, 4) is 5.75 Å². The highest BCUT2D eigenvalue weighted by Crippen LogP contribution is 2.24. The fraction of sp³-hybridized carbons (Fsp3) is 0.766. The Morgan fingerprint density at radius 1 is 0.529 bits per heavy atom. The number of unbranched alkanes of at least 4 members (excludes halogenated alkanes) is 24. The van der Waals surface area contributed by atoms with E-state index >= 15 is 0 Å². The molecule has 1 aromatic carbocycles. The molecule has 0 spiro atoms. The Balaban J connectivity index is 0.0000130. The summed E-state index contributed by atoms with van der Waals surface area (Å²) in [4.78, 5) is 2.68. The van der Waals surface area contributed by atoms with Gasteiger partial charge in [0.2, 0.25) is 0 Å². The molecular formula is C47H83IN2O. The summed E-state index contributed by atoms with van der Waals surface area (Å²) < 4.78 is 8.73. The van der Waals surface area contributed by atoms with Gasteiger partial charge in [-0.25, -0.2) is 4.57 Å². The van der Waals surface area contributed by atoms with E-state index in [1.807, 2.05) is 0 Å². The highest BCUT2D eigenvalue weighted by Gasteiger charge is 2.13. The van der Waals surface area contributed by atoms with E-state index in [9.17, 15) is 0 Å². The van der Waals surface area contributed by atoms with E-state index in [1.54, 1.807) is 0 Å². The fourth-order valence-corrected chi connectivity index (χ4v) is 7.42. The Hall–Kier alpha value is -1.14. The van der Waals surface area contributed by atoms with Crippen LogP contribution in [0.1, 0.15) is 211 Å². The summed E-state index contributed by atoms with van der Waals surface area (Å²) in [6.45, 7) is 14.2. The summed E-state index contributed by atoms with van der Waals surface area (Å²) in [6, 6.07) is 11.3. The van der Waals surface area contributed by atoms with Gasteiger partial charge in [0.15, 0.2) is 12.4 Å². The normalized spacial score (nSPS) is 11.3. The van der Waals surface area contributed by atoms with Crippen molar-refractivity contribution >= 4 is 0 Å². The monoisotopic (exact) mass is 819 g/mol. The van der Waals surface area contributed by atoms with Crippen LogP contribution in [0.3, 0.4) is 0 Å². The second-order valence-corrected chi connectivity index (χ2v) is 15.5. The van der Waals surface area contributed by atoms with E-state index in [2.05, 4.69) is 79.9 Å². The van der Waals surface area contributed by atoms with Gasteiger partial charge in [-0.1, -0.05) is 187 Å². The zero-order valence-electron chi connectivity index (χ0n) is 34.3. The van der Waals surface area contributed by atoms with Crippen LogP contribution < -0.4 is 33.3 Å². The van der Waals surface area contributed by atoms with Crippen LogP contribution in [0.2, 0.25) is 0 Å². The minimum absolute atomic E-state index is 0. The lowest BCUT2D eigenvalue weighted by Crippen LogP contribution is -3.00. The molecule has 0 aliphatic rings. The summed E-state index contributed by atoms with van der Waals surface area (Å²) in [5, 5.41) is 0. The number of benzene rings is 1. The Bertz CT molecular complexity index is 1040. The predicted molar refractivity (Wildman–Crippen MR) is 219 cm³/mol. The molecule has 0 atom stereocenters. The third-order valence-electron chi connectivity index (χ3n) is 10.7. The maximum Gasteiger partial charge on any atom is 0.173 e. The molecular weight excluding hydrogens is 735 g/mol. The van der Waals surface area contributed by atoms with Gasteiger partial charge in [0, 0.05) is 31.1 Å². The third-order valence-corrected chi connectivity index (χ3v) is 10.7. The molecule has 2 rings (SSSR count). The van der Waals surface area contributed by atoms with E-state index in [-0.39, 0.29) is 24.0 Å². The predicted octanol–water partition coefficient (Wildman–Crippen LogP) is 11.3. The van der Waals surface area contributed by atoms with Crippen molar-refractivity contribution in [2.45, 2.75) is 221 Å². The van der Waals surface area contributed by atoms with Crippen LogP contribution in [0, 0.1) is 6.92 Å². The maximum absolute atomic E-state index is 6.38. The van der Waals surface area contributed by atoms with E-state index in [0.717, 1.165) is 45.0 Å². The topological polar surface area (TPSA) is 16.4 Å². The van der Waals surface area contributed by atoms with E-state index in [0.29, 0.717) is 0 Å². The summed E-state index contributed by atoms with van der Waals surface area (Å²) >= 11 is 0. The van der Waals surface area contributed by atoms with E-state index in [4.69, 9.17) is 4.74 Å². The second-order valence-electron chi connectivity index (χ2n) is 15.5. The lowest BCUT2D eigenvalue weighted by molar-refractivity contribution is -0.697. The molecule has 0 bridgehead atoms. The molecule has 294 valence electrons. The van der Waals surface area contributed by atoms with Crippen LogP contribution in [0.4, 0.5) is 0 Å². The molecule has 3 nitrogen and oxygen atoms in total. The summed E-state index contributed by atoms with van der Waals surface area (Å²) in [5.41, 5.74) is 4.16. The Labute approximate surface area is 335 Å². The molecule has 0 saturated carbocycles. The number of hydrogen-bond donors (Lipinski definition) is 0. The number of aryl methyl sites for hydroxylation is 1. The highest BCUT2D eigenvalue weighted by molar-refractivity contribution is 5.39. The van der Waals surface area contributed by atoms with Crippen molar-refractivity contribution in [1.82, 2.24) is 4.90 Å². The first-order valence-corrected chi connectivity index (χ1v) is 22.1. The van der Waals surface area contributed by atoms with Crippen molar-refractivity contribution in [3.63, 3.8) is 0 Å². The average Bonchev–Trinajstić information content (AvgIpc) is 3.12. The SMILES string of the molecule is CCCCCCCCCCCCCCCCN(Cc1ccc[n+](CCC)c1)Cc1cccc(OCCCCCCCCCCCCCC)c1C.[I-]. The molecule has 0 fully saturated rings. The number of ether oxygens (including phenoxy) is 1. The average molecular weight is 819 g/mol. The van der Waals surface area contributed by atoms with Gasteiger partial charge in [0.05, 0.1) is 6.61 Å². The van der Waals surface area contributed by atoms with Gasteiger partial charge in [-0.05, 0) is 49.6 Å². The molecule has 0 unspecified atom stereocenters. The van der Waals surface area contributed by atoms with Gasteiger partial charge in [0.25, 0.3) is 0 Å². The molecule has 0 N–H and O–H groups in total. The van der Waals surface area contributed by atoms with Gasteiger partial charge >= 0.3 is 0 Å². The van der Waals surface area contributed by atoms with E-state index < -0.39 is 0 Å². The van der Waals surface area contributed by atoms with Crippen molar-refractivity contribution in [2.24, 2.45) is 0 Å². The zero-order valence-corrected chi connectivity index (χ0v) is 36.5. The molecule has 0 amide bonds. The van der Waals surface area contributed by atoms with Crippen LogP contribution in [-0.4, -0.2) is 18.1 Å². The Morgan fingerprint density at radius 3 is 1.53 bits per heavy atom. The summed E-state index contributed by atoms with van der Waals surface area (Å²) in [6.07, 6.45) is 42.0. The number of hydrogen-bond acceptors (Lipinski definition) is 2. The molecule has 0 radical (unpaired) electrons. The quantitative estimate of drug-likeness (QED) is 0.0391. The summed E-state index contributed by atoms with van der Waals surface area (Å²) in [5.74, 6) is 1.09. The maximum atomic E-state index is 6.38. The van der Waals surface area contributed by atoms with Crippen molar-refractivity contribution in [3.05, 3.63) is 59.4 Å². The van der Waals surface area contributed by atoms with Crippen molar-refractivity contribution < 1.29 is 33.3 Å². The van der Waals surface area contributed by atoms with Gasteiger partial charge in [-0.15, -0.1) is 0 Å². The van der Waals surface area contributed by atoms with Gasteiger partial charge < -0.3 is 28.7 Å². The van der Waals surface area contributed by atoms with Crippen LogP contribution in [-0.2, 0) is 19.6 Å². The van der Waals surface area contributed by atoms with Gasteiger partial charge in [-0.3, -0.25) is 4.90 Å². The van der Waals surface area contributed by atoms with Gasteiger partial charge in [-0.2, -0.15) is 0 Å². The lowest BCUT2D eigenvalue weighted by atomic mass is 10.0. The third kappa shape index (κ3) is 25.5. The standard InChI is InChI=1S/C47H83N2O.HI/c1-5-8-10-12-14-16-18-20-21-22-24-26-28-30-38-49(42-45-34-33-39-48(41-45)37-7-3)43-46-35-32-36-47(44(46)4)50-40-31-29-27-25-23-19-17-15-13-11-9-6-2;/h32-36,39,41H,5-31,37-38,40,42-43H2,1-4H3;1H/q+1;/p-1. The van der Waals surface area contributed by atoms with Crippen LogP contribution >= 0.6 is 0 Å². The molecule has 1 heterocycles. The molecule has 4 heteroatoms. The van der Waals surface area contributed by atoms with Crippen LogP contribution in [0.25, 0.3) is 0 Å². The van der Waals surface area contributed by atoms with E-state index in [1.165, 1.54) is 184 Å². The number of rotatable bonds is 35. The fourth-order valence-electron chi connectivity index (χ4n) is 7.42. The van der Waals surface area contributed by atoms with Gasteiger partial charge in [0.1, 0.15) is 12.3 Å². The number of halogens is 1. The van der Waals surface area contributed by atoms with Crippen molar-refractivity contribution in [2.75, 3.05) is 13.2 Å². The number of pyridine rings is 1. The molecule has 0 aliphatic heterocycles. The Morgan fingerprint density at radius 2 is 1.02 bits per heavy atom. The number of aromatic nitrogens is 1. The zero-order chi connectivity index (χ0) is 35.7. The minimum atomic E-state index is 0. The lowest BCUT2D eigenvalue weighted by Gasteiger charge is -2.24. The first-order valence-electron chi connectivity index (χ1n) is 22.1. The largest absolute Gasteiger partial charge is 1.00 e. The van der Waals surface area contributed by atoms with Crippen LogP contribution in [0.15, 0.2) is 42.7 Å². The second kappa shape index (κ2) is 34.6. The first-order chi connectivity index (χ1) is 24.7. The molecule has 0 saturated heterocycles. The smallest absolute Gasteiger partial charge is 0.173 e. The van der Waals surface area contributed by atoms with Crippen LogP contribution in [0.5, 0.6) is 5.75 Å². The first kappa shape index (κ1) is 47.9. The summed E-state index contributed by atoms with van der Waals surface area (Å²) in [7, 11) is 0. The number of nitrogens with zero attached hydrogens (tertiary/aromatic N) is 2. The molecule has 51 heavy (non-hydrogen) atoms. The molecule has 2 aromatic rings. The van der Waals surface area contributed by atoms with Crippen molar-refractivity contribution in [1.29, 1.82) is 0 Å². The Kier molecular flexibility index (Phi) is 32.5.